The first-order valence-corrected chi connectivity index (χ1v) is 9.76. The van der Waals surface area contributed by atoms with Gasteiger partial charge in [0.2, 0.25) is 5.78 Å². The molecule has 0 saturated heterocycles. The van der Waals surface area contributed by atoms with Crippen molar-refractivity contribution in [3.8, 4) is 5.75 Å². The number of rotatable bonds is 8. The van der Waals surface area contributed by atoms with E-state index in [1.807, 2.05) is 30.3 Å². The van der Waals surface area contributed by atoms with E-state index >= 15 is 0 Å². The predicted octanol–water partition coefficient (Wildman–Crippen LogP) is 3.61. The molecule has 3 rings (SSSR count). The zero-order valence-electron chi connectivity index (χ0n) is 17.7. The molecule has 0 spiro atoms. The highest BCUT2D eigenvalue weighted by Crippen LogP contribution is 2.20. The second-order valence-electron chi connectivity index (χ2n) is 7.02. The molecule has 0 aliphatic rings. The molecule has 0 fully saturated rings. The lowest BCUT2D eigenvalue weighted by Crippen LogP contribution is -2.22. The minimum Gasteiger partial charge on any atom is -0.485 e. The third-order valence-electron chi connectivity index (χ3n) is 4.87. The Hall–Kier alpha value is -3.87. The number of H-pyrrole nitrogens is 1. The number of Topliss-reactive ketones (excluding diaryl/α,β-unsaturated/α-hetero) is 1. The Bertz CT molecular complexity index is 1100. The Morgan fingerprint density at radius 1 is 1.00 bits per heavy atom. The number of carbonyl (C=O) groups excluding carboxylic acids is 3. The van der Waals surface area contributed by atoms with Crippen molar-refractivity contribution in [3.05, 3.63) is 88.2 Å². The number of nitrogens with one attached hydrogen (secondary N) is 2. The molecule has 160 valence electrons. The summed E-state index contributed by atoms with van der Waals surface area (Å²) in [6.07, 6.45) is 0. The summed E-state index contributed by atoms with van der Waals surface area (Å²) in [5, 5.41) is 2.86. The number of benzene rings is 2. The molecule has 1 aromatic heterocycles. The summed E-state index contributed by atoms with van der Waals surface area (Å²) < 4.78 is 10.4. The van der Waals surface area contributed by atoms with Gasteiger partial charge in [0.25, 0.3) is 5.91 Å². The summed E-state index contributed by atoms with van der Waals surface area (Å²) in [4.78, 5) is 39.9. The summed E-state index contributed by atoms with van der Waals surface area (Å²) in [7, 11) is 1.29. The number of esters is 1. The second-order valence-corrected chi connectivity index (χ2v) is 7.02. The Morgan fingerprint density at radius 2 is 1.74 bits per heavy atom. The fourth-order valence-corrected chi connectivity index (χ4v) is 3.27. The third kappa shape index (κ3) is 5.19. The number of amides is 1. The number of methoxy groups -OCH3 is 1. The summed E-state index contributed by atoms with van der Waals surface area (Å²) in [5.74, 6) is -0.649. The van der Waals surface area contributed by atoms with Gasteiger partial charge in [-0.25, -0.2) is 4.79 Å². The van der Waals surface area contributed by atoms with E-state index in [2.05, 4.69) is 10.3 Å². The summed E-state index contributed by atoms with van der Waals surface area (Å²) in [6.45, 7) is 3.56. The topological polar surface area (TPSA) is 97.5 Å². The van der Waals surface area contributed by atoms with Crippen LogP contribution < -0.4 is 10.1 Å². The standard InChI is InChI=1S/C24H24N2O5/c1-15-21(24(29)30-3)16(2)26-22(15)20(27)14-31-19-11-7-10-18(12-19)23(28)25-13-17-8-5-4-6-9-17/h4-12,26H,13-14H2,1-3H3,(H,25,28). The lowest BCUT2D eigenvalue weighted by Gasteiger charge is -2.09. The lowest BCUT2D eigenvalue weighted by molar-refractivity contribution is 0.0599. The molecule has 1 amide bonds. The van der Waals surface area contributed by atoms with E-state index < -0.39 is 5.97 Å². The Morgan fingerprint density at radius 3 is 2.45 bits per heavy atom. The zero-order valence-corrected chi connectivity index (χ0v) is 17.7. The van der Waals surface area contributed by atoms with Crippen LogP contribution >= 0.6 is 0 Å². The van der Waals surface area contributed by atoms with Gasteiger partial charge in [0.15, 0.2) is 6.61 Å². The minimum absolute atomic E-state index is 0.237. The molecule has 0 bridgehead atoms. The van der Waals surface area contributed by atoms with Gasteiger partial charge >= 0.3 is 5.97 Å². The monoisotopic (exact) mass is 420 g/mol. The van der Waals surface area contributed by atoms with Gasteiger partial charge in [-0.1, -0.05) is 36.4 Å². The average Bonchev–Trinajstić information content (AvgIpc) is 3.10. The molecule has 0 unspecified atom stereocenters. The van der Waals surface area contributed by atoms with Crippen molar-refractivity contribution in [2.45, 2.75) is 20.4 Å². The Balaban J connectivity index is 1.63. The van der Waals surface area contributed by atoms with Crippen LogP contribution in [0.25, 0.3) is 0 Å². The fraction of sp³-hybridized carbons (Fsp3) is 0.208. The quantitative estimate of drug-likeness (QED) is 0.429. The van der Waals surface area contributed by atoms with Gasteiger partial charge in [0, 0.05) is 17.8 Å². The van der Waals surface area contributed by atoms with Gasteiger partial charge in [0.1, 0.15) is 5.75 Å². The van der Waals surface area contributed by atoms with Crippen LogP contribution in [-0.2, 0) is 11.3 Å². The molecule has 7 heteroatoms. The van der Waals surface area contributed by atoms with E-state index in [4.69, 9.17) is 9.47 Å². The van der Waals surface area contributed by atoms with E-state index in [0.29, 0.717) is 40.4 Å². The number of hydrogen-bond donors (Lipinski definition) is 2. The maximum atomic E-state index is 12.6. The zero-order chi connectivity index (χ0) is 22.4. The Labute approximate surface area is 180 Å². The SMILES string of the molecule is COC(=O)c1c(C)[nH]c(C(=O)COc2cccc(C(=O)NCc3ccccc3)c2)c1C. The van der Waals surface area contributed by atoms with E-state index in [1.165, 1.54) is 7.11 Å². The molecule has 2 N–H and O–H groups in total. The van der Waals surface area contributed by atoms with Gasteiger partial charge < -0.3 is 19.8 Å². The normalized spacial score (nSPS) is 10.4. The molecule has 3 aromatic rings. The smallest absolute Gasteiger partial charge is 0.339 e. The van der Waals surface area contributed by atoms with Crippen molar-refractivity contribution in [2.24, 2.45) is 0 Å². The summed E-state index contributed by atoms with van der Waals surface area (Å²) in [5.41, 5.74) is 3.16. The van der Waals surface area contributed by atoms with Crippen molar-refractivity contribution in [2.75, 3.05) is 13.7 Å². The van der Waals surface area contributed by atoms with Crippen molar-refractivity contribution >= 4 is 17.7 Å². The minimum atomic E-state index is -0.500. The van der Waals surface area contributed by atoms with Gasteiger partial charge in [-0.2, -0.15) is 0 Å². The molecule has 1 heterocycles. The largest absolute Gasteiger partial charge is 0.485 e. The molecular formula is C24H24N2O5. The molecule has 0 saturated carbocycles. The number of hydrogen-bond acceptors (Lipinski definition) is 5. The number of carbonyl (C=O) groups is 3. The summed E-state index contributed by atoms with van der Waals surface area (Å²) in [6, 6.07) is 16.2. The highest BCUT2D eigenvalue weighted by Gasteiger charge is 2.22. The number of ketones is 1. The average molecular weight is 420 g/mol. The number of ether oxygens (including phenoxy) is 2. The van der Waals surface area contributed by atoms with E-state index in [1.54, 1.807) is 38.1 Å². The van der Waals surface area contributed by atoms with Crippen LogP contribution in [0.3, 0.4) is 0 Å². The summed E-state index contributed by atoms with van der Waals surface area (Å²) >= 11 is 0. The number of aryl methyl sites for hydroxylation is 1. The van der Waals surface area contributed by atoms with Crippen LogP contribution in [0.2, 0.25) is 0 Å². The first-order chi connectivity index (χ1) is 14.9. The predicted molar refractivity (Wildman–Crippen MR) is 115 cm³/mol. The van der Waals surface area contributed by atoms with Crippen LogP contribution in [0.15, 0.2) is 54.6 Å². The van der Waals surface area contributed by atoms with Crippen molar-refractivity contribution in [3.63, 3.8) is 0 Å². The highest BCUT2D eigenvalue weighted by atomic mass is 16.5. The first-order valence-electron chi connectivity index (χ1n) is 9.76. The van der Waals surface area contributed by atoms with Crippen LogP contribution in [0.4, 0.5) is 0 Å². The van der Waals surface area contributed by atoms with Crippen LogP contribution in [0.1, 0.15) is 48.0 Å². The molecule has 2 aromatic carbocycles. The number of aromatic amines is 1. The fourth-order valence-electron chi connectivity index (χ4n) is 3.27. The van der Waals surface area contributed by atoms with E-state index in [-0.39, 0.29) is 18.3 Å². The number of aromatic nitrogens is 1. The maximum absolute atomic E-state index is 12.6. The molecule has 31 heavy (non-hydrogen) atoms. The van der Waals surface area contributed by atoms with E-state index in [0.717, 1.165) is 5.56 Å². The molecule has 0 atom stereocenters. The van der Waals surface area contributed by atoms with Crippen molar-refractivity contribution in [1.82, 2.24) is 10.3 Å². The molecule has 0 aliphatic heterocycles. The highest BCUT2D eigenvalue weighted by molar-refractivity contribution is 6.02. The molecule has 0 aliphatic carbocycles. The van der Waals surface area contributed by atoms with Gasteiger partial charge in [-0.15, -0.1) is 0 Å². The maximum Gasteiger partial charge on any atom is 0.339 e. The molecular weight excluding hydrogens is 396 g/mol. The van der Waals surface area contributed by atoms with Crippen LogP contribution in [-0.4, -0.2) is 36.4 Å². The van der Waals surface area contributed by atoms with Crippen LogP contribution in [0.5, 0.6) is 5.75 Å². The van der Waals surface area contributed by atoms with Crippen molar-refractivity contribution < 1.29 is 23.9 Å². The van der Waals surface area contributed by atoms with Gasteiger partial charge in [0.05, 0.1) is 18.4 Å². The third-order valence-corrected chi connectivity index (χ3v) is 4.87. The second kappa shape index (κ2) is 9.75. The van der Waals surface area contributed by atoms with Gasteiger partial charge in [-0.3, -0.25) is 9.59 Å². The van der Waals surface area contributed by atoms with E-state index in [9.17, 15) is 14.4 Å². The lowest BCUT2D eigenvalue weighted by atomic mass is 10.1. The van der Waals surface area contributed by atoms with Crippen LogP contribution in [0, 0.1) is 13.8 Å². The molecule has 0 radical (unpaired) electrons. The first kappa shape index (κ1) is 21.8. The Kier molecular flexibility index (Phi) is 6.87. The van der Waals surface area contributed by atoms with Gasteiger partial charge in [-0.05, 0) is 43.2 Å². The van der Waals surface area contributed by atoms with Crippen molar-refractivity contribution in [1.29, 1.82) is 0 Å². The molecule has 7 nitrogen and oxygen atoms in total.